The number of nitrogens with zero attached hydrogens (tertiary/aromatic N) is 5. The highest BCUT2D eigenvalue weighted by Gasteiger charge is 2.56. The lowest BCUT2D eigenvalue weighted by Gasteiger charge is -2.38. The first-order chi connectivity index (χ1) is 15.0. The lowest BCUT2D eigenvalue weighted by Crippen LogP contribution is -2.46. The summed E-state index contributed by atoms with van der Waals surface area (Å²) >= 11 is 0. The maximum atomic E-state index is 13.8. The molecule has 1 atom stereocenters. The fourth-order valence-corrected chi connectivity index (χ4v) is 5.47. The number of hydrogen-bond donors (Lipinski definition) is 0. The maximum absolute atomic E-state index is 13.8. The number of fused-ring (bicyclic) bond motifs is 1. The standard InChI is InChI=1S/C23H25F2N5O/c24-17-11-16(12-18(25)13-17)19-4-8-29-14-23(22(31)30(19)29)5-9-28(10-6-23)20-3-7-26-21(27-20)15-1-2-15/h3,7,11-13,15,19H,1-2,4-6,8-10,14H2/t19-/m0/s1. The quantitative estimate of drug-likeness (QED) is 0.754. The molecular formula is C23H25F2N5O. The number of halogens is 2. The number of anilines is 1. The number of piperidine rings is 1. The topological polar surface area (TPSA) is 52.6 Å². The number of carbonyl (C=O) groups excluding carboxylic acids is 1. The molecule has 1 aliphatic carbocycles. The van der Waals surface area contributed by atoms with Gasteiger partial charge in [0.05, 0.1) is 11.5 Å². The summed E-state index contributed by atoms with van der Waals surface area (Å²) in [5, 5.41) is 3.86. The molecule has 1 saturated carbocycles. The Morgan fingerprint density at radius 3 is 2.45 bits per heavy atom. The van der Waals surface area contributed by atoms with Crippen molar-refractivity contribution in [3.05, 3.63) is 53.5 Å². The molecular weight excluding hydrogens is 400 g/mol. The second-order valence-electron chi connectivity index (χ2n) is 9.36. The third kappa shape index (κ3) is 3.19. The summed E-state index contributed by atoms with van der Waals surface area (Å²) in [6.45, 7) is 2.96. The SMILES string of the molecule is O=C1N2[C@H](c3cc(F)cc(F)c3)CCN2CC12CCN(c1ccnc(C3CC3)n1)CC2. The van der Waals surface area contributed by atoms with Crippen molar-refractivity contribution in [2.45, 2.75) is 44.1 Å². The van der Waals surface area contributed by atoms with Crippen LogP contribution < -0.4 is 4.90 Å². The first-order valence-corrected chi connectivity index (χ1v) is 11.1. The number of aromatic nitrogens is 2. The maximum Gasteiger partial charge on any atom is 0.245 e. The minimum Gasteiger partial charge on any atom is -0.356 e. The van der Waals surface area contributed by atoms with E-state index in [4.69, 9.17) is 4.98 Å². The molecule has 3 saturated heterocycles. The molecule has 4 heterocycles. The number of carbonyl (C=O) groups is 1. The zero-order valence-electron chi connectivity index (χ0n) is 17.3. The van der Waals surface area contributed by atoms with Crippen LogP contribution in [0.15, 0.2) is 30.5 Å². The van der Waals surface area contributed by atoms with Crippen molar-refractivity contribution < 1.29 is 13.6 Å². The lowest BCUT2D eigenvalue weighted by molar-refractivity contribution is -0.143. The summed E-state index contributed by atoms with van der Waals surface area (Å²) in [7, 11) is 0. The summed E-state index contributed by atoms with van der Waals surface area (Å²) in [6.07, 6.45) is 6.39. The van der Waals surface area contributed by atoms with Crippen LogP contribution in [0, 0.1) is 17.0 Å². The van der Waals surface area contributed by atoms with Gasteiger partial charge < -0.3 is 4.90 Å². The molecule has 1 aromatic heterocycles. The minimum absolute atomic E-state index is 0.0978. The van der Waals surface area contributed by atoms with Crippen LogP contribution in [0.3, 0.4) is 0 Å². The van der Waals surface area contributed by atoms with Gasteiger partial charge >= 0.3 is 0 Å². The van der Waals surface area contributed by atoms with Crippen molar-refractivity contribution >= 4 is 11.7 Å². The molecule has 2 aromatic rings. The zero-order chi connectivity index (χ0) is 21.2. The highest BCUT2D eigenvalue weighted by atomic mass is 19.1. The molecule has 1 aromatic carbocycles. The average molecular weight is 425 g/mol. The fraction of sp³-hybridized carbons (Fsp3) is 0.522. The Labute approximate surface area is 179 Å². The van der Waals surface area contributed by atoms with Gasteiger partial charge in [0.2, 0.25) is 5.91 Å². The van der Waals surface area contributed by atoms with Crippen molar-refractivity contribution in [1.29, 1.82) is 0 Å². The Balaban J connectivity index is 1.19. The zero-order valence-corrected chi connectivity index (χ0v) is 17.3. The number of amides is 1. The van der Waals surface area contributed by atoms with Gasteiger partial charge in [0, 0.05) is 44.4 Å². The summed E-state index contributed by atoms with van der Waals surface area (Å²) in [5.74, 6) is 1.30. The van der Waals surface area contributed by atoms with E-state index in [9.17, 15) is 13.6 Å². The van der Waals surface area contributed by atoms with E-state index < -0.39 is 17.0 Å². The molecule has 0 N–H and O–H groups in total. The van der Waals surface area contributed by atoms with Crippen molar-refractivity contribution in [3.8, 4) is 0 Å². The molecule has 4 aliphatic rings. The predicted octanol–water partition coefficient (Wildman–Crippen LogP) is 3.42. The summed E-state index contributed by atoms with van der Waals surface area (Å²) < 4.78 is 27.6. The van der Waals surface area contributed by atoms with Crippen molar-refractivity contribution in [2.75, 3.05) is 31.1 Å². The monoisotopic (exact) mass is 425 g/mol. The Morgan fingerprint density at radius 1 is 1.00 bits per heavy atom. The van der Waals surface area contributed by atoms with Gasteiger partial charge in [-0.25, -0.2) is 23.8 Å². The van der Waals surface area contributed by atoms with Crippen LogP contribution >= 0.6 is 0 Å². The second-order valence-corrected chi connectivity index (χ2v) is 9.36. The number of hydrogen-bond acceptors (Lipinski definition) is 5. The molecule has 162 valence electrons. The van der Waals surface area contributed by atoms with Gasteiger partial charge in [-0.2, -0.15) is 0 Å². The molecule has 6 rings (SSSR count). The van der Waals surface area contributed by atoms with Crippen LogP contribution in [0.5, 0.6) is 0 Å². The smallest absolute Gasteiger partial charge is 0.245 e. The lowest BCUT2D eigenvalue weighted by atomic mass is 9.77. The van der Waals surface area contributed by atoms with Gasteiger partial charge in [0.1, 0.15) is 23.3 Å². The highest BCUT2D eigenvalue weighted by Crippen LogP contribution is 2.47. The van der Waals surface area contributed by atoms with Crippen molar-refractivity contribution in [2.24, 2.45) is 5.41 Å². The van der Waals surface area contributed by atoms with E-state index in [1.807, 2.05) is 12.3 Å². The molecule has 3 aliphatic heterocycles. The predicted molar refractivity (Wildman–Crippen MR) is 110 cm³/mol. The molecule has 1 spiro atoms. The molecule has 0 bridgehead atoms. The first-order valence-electron chi connectivity index (χ1n) is 11.1. The van der Waals surface area contributed by atoms with E-state index in [2.05, 4.69) is 14.9 Å². The molecule has 31 heavy (non-hydrogen) atoms. The van der Waals surface area contributed by atoms with Gasteiger partial charge in [-0.3, -0.25) is 9.80 Å². The third-order valence-electron chi connectivity index (χ3n) is 7.32. The van der Waals surface area contributed by atoms with Gasteiger partial charge in [0.15, 0.2) is 0 Å². The summed E-state index contributed by atoms with van der Waals surface area (Å²) in [6, 6.07) is 5.24. The molecule has 1 amide bonds. The van der Waals surface area contributed by atoms with Gasteiger partial charge in [0.25, 0.3) is 0 Å². The number of benzene rings is 1. The van der Waals surface area contributed by atoms with Gasteiger partial charge in [-0.05, 0) is 55.9 Å². The van der Waals surface area contributed by atoms with Crippen LogP contribution in [0.25, 0.3) is 0 Å². The van der Waals surface area contributed by atoms with E-state index in [1.54, 1.807) is 5.01 Å². The van der Waals surface area contributed by atoms with E-state index in [0.29, 0.717) is 24.4 Å². The van der Waals surface area contributed by atoms with Crippen LogP contribution in [0.1, 0.15) is 55.5 Å². The number of rotatable bonds is 3. The second kappa shape index (κ2) is 6.95. The Morgan fingerprint density at radius 2 is 1.74 bits per heavy atom. The first kappa shape index (κ1) is 19.1. The van der Waals surface area contributed by atoms with Gasteiger partial charge in [-0.1, -0.05) is 0 Å². The molecule has 6 nitrogen and oxygen atoms in total. The van der Waals surface area contributed by atoms with E-state index in [0.717, 1.165) is 50.2 Å². The Bertz CT molecular complexity index is 1010. The molecule has 0 radical (unpaired) electrons. The van der Waals surface area contributed by atoms with E-state index in [-0.39, 0.29) is 11.9 Å². The average Bonchev–Trinajstić information content (AvgIpc) is 3.48. The Hall–Kier alpha value is -2.61. The van der Waals surface area contributed by atoms with E-state index >= 15 is 0 Å². The van der Waals surface area contributed by atoms with Crippen molar-refractivity contribution in [3.63, 3.8) is 0 Å². The molecule has 0 unspecified atom stereocenters. The number of hydrazine groups is 1. The fourth-order valence-electron chi connectivity index (χ4n) is 5.47. The molecule has 4 fully saturated rings. The third-order valence-corrected chi connectivity index (χ3v) is 7.32. The van der Waals surface area contributed by atoms with E-state index in [1.165, 1.54) is 25.0 Å². The highest BCUT2D eigenvalue weighted by molar-refractivity contribution is 5.85. The minimum atomic E-state index is -0.599. The largest absolute Gasteiger partial charge is 0.356 e. The van der Waals surface area contributed by atoms with Crippen LogP contribution in [0.2, 0.25) is 0 Å². The Kier molecular flexibility index (Phi) is 4.28. The summed E-state index contributed by atoms with van der Waals surface area (Å²) in [5.41, 5.74) is 0.115. The van der Waals surface area contributed by atoms with Crippen LogP contribution in [-0.4, -0.2) is 52.1 Å². The van der Waals surface area contributed by atoms with Crippen LogP contribution in [0.4, 0.5) is 14.6 Å². The normalized spacial score (nSPS) is 25.5. The van der Waals surface area contributed by atoms with Crippen molar-refractivity contribution in [1.82, 2.24) is 20.0 Å². The molecule has 8 heteroatoms. The van der Waals surface area contributed by atoms with Gasteiger partial charge in [-0.15, -0.1) is 0 Å². The summed E-state index contributed by atoms with van der Waals surface area (Å²) in [4.78, 5) is 25.0. The van der Waals surface area contributed by atoms with Crippen LogP contribution in [-0.2, 0) is 4.79 Å².